The van der Waals surface area contributed by atoms with E-state index in [0.29, 0.717) is 33.2 Å². The molecule has 25 heavy (non-hydrogen) atoms. The highest BCUT2D eigenvalue weighted by atomic mass is 79.9. The quantitative estimate of drug-likeness (QED) is 0.494. The molecule has 0 N–H and O–H groups in total. The van der Waals surface area contributed by atoms with Crippen molar-refractivity contribution in [3.8, 4) is 23.3 Å². The zero-order valence-corrected chi connectivity index (χ0v) is 15.9. The van der Waals surface area contributed by atoms with Gasteiger partial charge in [-0.2, -0.15) is 5.26 Å². The second-order valence-corrected chi connectivity index (χ2v) is 6.26. The third kappa shape index (κ3) is 5.12. The molecule has 0 aliphatic heterocycles. The molecule has 2 aromatic carbocycles. The Balaban J connectivity index is 2.16. The zero-order valence-electron chi connectivity index (χ0n) is 13.6. The van der Waals surface area contributed by atoms with Crippen LogP contribution >= 0.6 is 27.5 Å². The van der Waals surface area contributed by atoms with E-state index in [0.717, 1.165) is 0 Å². The number of carbonyl (C=O) groups excluding carboxylic acids is 1. The number of hydrogen-bond acceptors (Lipinski definition) is 5. The highest BCUT2D eigenvalue weighted by Gasteiger charge is 2.22. The van der Waals surface area contributed by atoms with E-state index >= 15 is 0 Å². The summed E-state index contributed by atoms with van der Waals surface area (Å²) >= 11 is 9.12. The smallest absolute Gasteiger partial charge is 0.352 e. The molecule has 0 aliphatic rings. The van der Waals surface area contributed by atoms with Crippen LogP contribution in [0.3, 0.4) is 0 Å². The lowest BCUT2D eigenvalue weighted by Crippen LogP contribution is -2.28. The second-order valence-electron chi connectivity index (χ2n) is 4.97. The maximum absolute atomic E-state index is 12.3. The standard InChI is InChI=1S/C18H15BrClNO4/c1-3-23-16-9-12(10-21)8-15(19)17(16)25-18(22)11(2)24-14-6-4-13(20)5-7-14/h4-9,11H,3H2,1-2H3. The van der Waals surface area contributed by atoms with Crippen molar-refractivity contribution < 1.29 is 19.0 Å². The van der Waals surface area contributed by atoms with Gasteiger partial charge in [0.2, 0.25) is 0 Å². The Bertz CT molecular complexity index is 802. The molecule has 0 amide bonds. The first-order valence-electron chi connectivity index (χ1n) is 7.45. The van der Waals surface area contributed by atoms with Gasteiger partial charge in [-0.15, -0.1) is 0 Å². The summed E-state index contributed by atoms with van der Waals surface area (Å²) in [6, 6.07) is 11.7. The molecule has 1 atom stereocenters. The van der Waals surface area contributed by atoms with E-state index in [2.05, 4.69) is 15.9 Å². The number of carbonyl (C=O) groups is 1. The van der Waals surface area contributed by atoms with E-state index in [4.69, 9.17) is 31.1 Å². The van der Waals surface area contributed by atoms with Crippen LogP contribution in [0, 0.1) is 11.3 Å². The fraction of sp³-hybridized carbons (Fsp3) is 0.222. The fourth-order valence-electron chi connectivity index (χ4n) is 1.94. The highest BCUT2D eigenvalue weighted by molar-refractivity contribution is 9.10. The van der Waals surface area contributed by atoms with Crippen molar-refractivity contribution >= 4 is 33.5 Å². The summed E-state index contributed by atoms with van der Waals surface area (Å²) in [5.41, 5.74) is 0.389. The minimum atomic E-state index is -0.849. The number of rotatable bonds is 6. The van der Waals surface area contributed by atoms with Crippen LogP contribution in [-0.2, 0) is 4.79 Å². The van der Waals surface area contributed by atoms with E-state index in [1.165, 1.54) is 6.07 Å². The fourth-order valence-corrected chi connectivity index (χ4v) is 2.59. The second kappa shape index (κ2) is 8.75. The van der Waals surface area contributed by atoms with Crippen molar-refractivity contribution in [2.45, 2.75) is 20.0 Å². The third-order valence-electron chi connectivity index (χ3n) is 3.10. The average Bonchev–Trinajstić information content (AvgIpc) is 2.59. The number of halogens is 2. The molecular formula is C18H15BrClNO4. The summed E-state index contributed by atoms with van der Waals surface area (Å²) in [6.07, 6.45) is -0.849. The number of esters is 1. The topological polar surface area (TPSA) is 68.5 Å². The Labute approximate surface area is 159 Å². The van der Waals surface area contributed by atoms with Crippen molar-refractivity contribution in [1.29, 1.82) is 5.26 Å². The predicted octanol–water partition coefficient (Wildman–Crippen LogP) is 4.75. The van der Waals surface area contributed by atoms with Gasteiger partial charge in [0, 0.05) is 11.1 Å². The third-order valence-corrected chi connectivity index (χ3v) is 3.94. The molecule has 0 heterocycles. The lowest BCUT2D eigenvalue weighted by atomic mass is 10.2. The van der Waals surface area contributed by atoms with Gasteiger partial charge in [0.1, 0.15) is 5.75 Å². The van der Waals surface area contributed by atoms with Crippen molar-refractivity contribution in [3.05, 3.63) is 51.5 Å². The van der Waals surface area contributed by atoms with E-state index in [9.17, 15) is 4.79 Å². The molecule has 7 heteroatoms. The largest absolute Gasteiger partial charge is 0.490 e. The van der Waals surface area contributed by atoms with E-state index in [-0.39, 0.29) is 5.75 Å². The Morgan fingerprint density at radius 3 is 2.60 bits per heavy atom. The first kappa shape index (κ1) is 19.1. The molecule has 0 radical (unpaired) electrons. The van der Waals surface area contributed by atoms with Gasteiger partial charge in [0.15, 0.2) is 17.6 Å². The van der Waals surface area contributed by atoms with Gasteiger partial charge < -0.3 is 14.2 Å². The lowest BCUT2D eigenvalue weighted by Gasteiger charge is -2.16. The number of ether oxygens (including phenoxy) is 3. The summed E-state index contributed by atoms with van der Waals surface area (Å²) in [6.45, 7) is 3.74. The van der Waals surface area contributed by atoms with Gasteiger partial charge in [-0.3, -0.25) is 0 Å². The molecule has 0 aliphatic carbocycles. The molecule has 0 fully saturated rings. The first-order valence-corrected chi connectivity index (χ1v) is 8.62. The van der Waals surface area contributed by atoms with Crippen molar-refractivity contribution in [2.24, 2.45) is 0 Å². The van der Waals surface area contributed by atoms with Gasteiger partial charge >= 0.3 is 5.97 Å². The van der Waals surface area contributed by atoms with Crippen LogP contribution in [-0.4, -0.2) is 18.7 Å². The van der Waals surface area contributed by atoms with Gasteiger partial charge in [-0.05, 0) is 60.1 Å². The Kier molecular flexibility index (Phi) is 6.68. The molecule has 0 bridgehead atoms. The van der Waals surface area contributed by atoms with Crippen LogP contribution in [0.15, 0.2) is 40.9 Å². The van der Waals surface area contributed by atoms with Gasteiger partial charge in [0.05, 0.1) is 22.7 Å². The minimum Gasteiger partial charge on any atom is -0.490 e. The predicted molar refractivity (Wildman–Crippen MR) is 97.2 cm³/mol. The van der Waals surface area contributed by atoms with E-state index < -0.39 is 12.1 Å². The Morgan fingerprint density at radius 2 is 2.00 bits per heavy atom. The number of nitrogens with zero attached hydrogens (tertiary/aromatic N) is 1. The molecule has 0 saturated carbocycles. The summed E-state index contributed by atoms with van der Waals surface area (Å²) in [5, 5.41) is 9.61. The Hall–Kier alpha value is -2.23. The zero-order chi connectivity index (χ0) is 18.4. The maximum Gasteiger partial charge on any atom is 0.352 e. The summed E-state index contributed by atoms with van der Waals surface area (Å²) in [4.78, 5) is 12.3. The monoisotopic (exact) mass is 423 g/mol. The molecule has 0 aromatic heterocycles. The van der Waals surface area contributed by atoms with Crippen LogP contribution in [0.4, 0.5) is 0 Å². The number of hydrogen-bond donors (Lipinski definition) is 0. The first-order chi connectivity index (χ1) is 11.9. The summed E-state index contributed by atoms with van der Waals surface area (Å²) in [7, 11) is 0. The van der Waals surface area contributed by atoms with Crippen LogP contribution in [0.5, 0.6) is 17.2 Å². The molecular weight excluding hydrogens is 410 g/mol. The number of benzene rings is 2. The van der Waals surface area contributed by atoms with Crippen LogP contribution in [0.1, 0.15) is 19.4 Å². The Morgan fingerprint density at radius 1 is 1.32 bits per heavy atom. The van der Waals surface area contributed by atoms with Crippen LogP contribution < -0.4 is 14.2 Å². The van der Waals surface area contributed by atoms with E-state index in [1.54, 1.807) is 44.2 Å². The van der Waals surface area contributed by atoms with Gasteiger partial charge in [0.25, 0.3) is 0 Å². The van der Waals surface area contributed by atoms with Crippen molar-refractivity contribution in [2.75, 3.05) is 6.61 Å². The normalized spacial score (nSPS) is 11.3. The van der Waals surface area contributed by atoms with Crippen molar-refractivity contribution in [1.82, 2.24) is 0 Å². The van der Waals surface area contributed by atoms with Crippen LogP contribution in [0.25, 0.3) is 0 Å². The van der Waals surface area contributed by atoms with Crippen molar-refractivity contribution in [3.63, 3.8) is 0 Å². The van der Waals surface area contributed by atoms with Gasteiger partial charge in [-0.25, -0.2) is 4.79 Å². The highest BCUT2D eigenvalue weighted by Crippen LogP contribution is 2.37. The molecule has 0 saturated heterocycles. The molecule has 0 spiro atoms. The maximum atomic E-state index is 12.3. The summed E-state index contributed by atoms with van der Waals surface area (Å²) in [5.74, 6) is 0.414. The number of nitriles is 1. The minimum absolute atomic E-state index is 0.206. The molecule has 2 rings (SSSR count). The molecule has 2 aromatic rings. The molecule has 130 valence electrons. The average molecular weight is 425 g/mol. The SMILES string of the molecule is CCOc1cc(C#N)cc(Br)c1OC(=O)C(C)Oc1ccc(Cl)cc1. The lowest BCUT2D eigenvalue weighted by molar-refractivity contribution is -0.141. The molecule has 1 unspecified atom stereocenters. The van der Waals surface area contributed by atoms with Gasteiger partial charge in [-0.1, -0.05) is 11.6 Å². The summed E-state index contributed by atoms with van der Waals surface area (Å²) < 4.78 is 16.9. The van der Waals surface area contributed by atoms with Crippen LogP contribution in [0.2, 0.25) is 5.02 Å². The van der Waals surface area contributed by atoms with E-state index in [1.807, 2.05) is 6.07 Å². The molecule has 5 nitrogen and oxygen atoms in total.